The normalized spacial score (nSPS) is 11.7. The summed E-state index contributed by atoms with van der Waals surface area (Å²) in [5.41, 5.74) is 5.66. The number of hydrogen-bond acceptors (Lipinski definition) is 4. The van der Waals surface area contributed by atoms with Crippen LogP contribution in [0.5, 0.6) is 0 Å². The van der Waals surface area contributed by atoms with Crippen molar-refractivity contribution in [2.45, 2.75) is 47.2 Å². The minimum Gasteiger partial charge on any atom is -0.376 e. The summed E-state index contributed by atoms with van der Waals surface area (Å²) in [6.07, 6.45) is 2.08. The third-order valence-corrected chi connectivity index (χ3v) is 4.56. The summed E-state index contributed by atoms with van der Waals surface area (Å²) in [6, 6.07) is 0.375. The fraction of sp³-hybridized carbons (Fsp3) is 0.467. The highest BCUT2D eigenvalue weighted by Gasteiger charge is 2.15. The maximum atomic E-state index is 4.62. The van der Waals surface area contributed by atoms with Crippen LogP contribution in [0.3, 0.4) is 0 Å². The number of fused-ring (bicyclic) bond motifs is 1. The van der Waals surface area contributed by atoms with Crippen molar-refractivity contribution < 1.29 is 0 Å². The van der Waals surface area contributed by atoms with E-state index in [-0.39, 0.29) is 0 Å². The zero-order valence-electron chi connectivity index (χ0n) is 13.1. The molecule has 3 aromatic heterocycles. The number of nitrogens with zero attached hydrogens (tertiary/aromatic N) is 4. The number of aromatic nitrogens is 4. The number of nitrogens with one attached hydrogen (secondary N) is 1. The molecule has 0 unspecified atom stereocenters. The maximum Gasteiger partial charge on any atom is 0.194 e. The van der Waals surface area contributed by atoms with E-state index in [1.807, 2.05) is 0 Å². The average molecular weight is 303 g/mol. The Morgan fingerprint density at radius 2 is 2.00 bits per heavy atom. The average Bonchev–Trinajstić information content (AvgIpc) is 3.04. The summed E-state index contributed by atoms with van der Waals surface area (Å²) >= 11 is 1.67. The number of thiazole rings is 1. The number of rotatable bonds is 4. The van der Waals surface area contributed by atoms with Crippen LogP contribution < -0.4 is 5.32 Å². The Bertz CT molecular complexity index is 778. The molecule has 0 aliphatic heterocycles. The first-order valence-electron chi connectivity index (χ1n) is 7.19. The number of imidazole rings is 1. The van der Waals surface area contributed by atoms with Crippen LogP contribution in [0.4, 0.5) is 5.69 Å². The van der Waals surface area contributed by atoms with E-state index in [0.29, 0.717) is 6.04 Å². The van der Waals surface area contributed by atoms with Crippen LogP contribution in [0.1, 0.15) is 42.7 Å². The topological polar surface area (TPSA) is 47.2 Å². The van der Waals surface area contributed by atoms with Gasteiger partial charge in [0.1, 0.15) is 0 Å². The van der Waals surface area contributed by atoms with E-state index in [1.54, 1.807) is 11.3 Å². The van der Waals surface area contributed by atoms with Gasteiger partial charge in [0.15, 0.2) is 4.96 Å². The predicted octanol–water partition coefficient (Wildman–Crippen LogP) is 3.71. The minimum atomic E-state index is 0.375. The van der Waals surface area contributed by atoms with Gasteiger partial charge in [0, 0.05) is 17.6 Å². The van der Waals surface area contributed by atoms with Gasteiger partial charge < -0.3 is 5.32 Å². The Balaban J connectivity index is 1.88. The monoisotopic (exact) mass is 303 g/mol. The Labute approximate surface area is 128 Å². The van der Waals surface area contributed by atoms with E-state index in [2.05, 4.69) is 70.7 Å². The molecule has 5 nitrogen and oxygen atoms in total. The standard InChI is InChI=1S/C15H21N5S/c1-9(2)20-12(5)14(11(4)18-20)16-8-13-10(3)17-15-19(13)6-7-21-15/h6-7,9,16H,8H2,1-5H3. The molecule has 0 fully saturated rings. The molecule has 112 valence electrons. The van der Waals surface area contributed by atoms with Gasteiger partial charge in [-0.25, -0.2) is 4.98 Å². The summed E-state index contributed by atoms with van der Waals surface area (Å²) in [5, 5.41) is 10.2. The van der Waals surface area contributed by atoms with Gasteiger partial charge in [0.05, 0.1) is 35.0 Å². The molecular formula is C15H21N5S. The van der Waals surface area contributed by atoms with Crippen LogP contribution in [-0.2, 0) is 6.54 Å². The maximum absolute atomic E-state index is 4.62. The number of anilines is 1. The predicted molar refractivity (Wildman–Crippen MR) is 87.2 cm³/mol. The van der Waals surface area contributed by atoms with Crippen molar-refractivity contribution in [2.75, 3.05) is 5.32 Å². The van der Waals surface area contributed by atoms with E-state index < -0.39 is 0 Å². The van der Waals surface area contributed by atoms with E-state index in [4.69, 9.17) is 0 Å². The summed E-state index contributed by atoms with van der Waals surface area (Å²) in [5.74, 6) is 0. The lowest BCUT2D eigenvalue weighted by Crippen LogP contribution is -2.07. The molecule has 0 spiro atoms. The Hall–Kier alpha value is -1.82. The van der Waals surface area contributed by atoms with Crippen molar-refractivity contribution in [1.82, 2.24) is 19.2 Å². The molecule has 3 aromatic rings. The lowest BCUT2D eigenvalue weighted by molar-refractivity contribution is 0.516. The number of aryl methyl sites for hydroxylation is 2. The molecular weight excluding hydrogens is 282 g/mol. The first-order valence-corrected chi connectivity index (χ1v) is 8.07. The van der Waals surface area contributed by atoms with Gasteiger partial charge in [0.2, 0.25) is 0 Å². The lowest BCUT2D eigenvalue weighted by atomic mass is 10.2. The van der Waals surface area contributed by atoms with Crippen LogP contribution >= 0.6 is 11.3 Å². The molecule has 3 rings (SSSR count). The zero-order valence-corrected chi connectivity index (χ0v) is 14.0. The molecule has 0 amide bonds. The fourth-order valence-electron chi connectivity index (χ4n) is 2.75. The van der Waals surface area contributed by atoms with Gasteiger partial charge in [-0.3, -0.25) is 9.08 Å². The smallest absolute Gasteiger partial charge is 0.194 e. The van der Waals surface area contributed by atoms with Crippen molar-refractivity contribution in [3.05, 3.63) is 34.4 Å². The van der Waals surface area contributed by atoms with Crippen LogP contribution in [0, 0.1) is 20.8 Å². The van der Waals surface area contributed by atoms with Gasteiger partial charge in [-0.2, -0.15) is 5.10 Å². The van der Waals surface area contributed by atoms with Crippen molar-refractivity contribution in [3.8, 4) is 0 Å². The van der Waals surface area contributed by atoms with Crippen LogP contribution in [0.15, 0.2) is 11.6 Å². The van der Waals surface area contributed by atoms with Gasteiger partial charge in [0.25, 0.3) is 0 Å². The van der Waals surface area contributed by atoms with Gasteiger partial charge in [-0.15, -0.1) is 11.3 Å². The first kappa shape index (κ1) is 14.1. The Kier molecular flexibility index (Phi) is 3.49. The highest BCUT2D eigenvalue weighted by atomic mass is 32.1. The molecule has 3 heterocycles. The van der Waals surface area contributed by atoms with Gasteiger partial charge in [-0.05, 0) is 34.6 Å². The molecule has 0 saturated heterocycles. The molecule has 1 N–H and O–H groups in total. The van der Waals surface area contributed by atoms with Gasteiger partial charge in [-0.1, -0.05) is 0 Å². The highest BCUT2D eigenvalue weighted by Crippen LogP contribution is 2.24. The first-order chi connectivity index (χ1) is 9.99. The molecule has 6 heteroatoms. The largest absolute Gasteiger partial charge is 0.376 e. The molecule has 0 radical (unpaired) electrons. The third-order valence-electron chi connectivity index (χ3n) is 3.81. The summed E-state index contributed by atoms with van der Waals surface area (Å²) < 4.78 is 4.23. The molecule has 0 aromatic carbocycles. The minimum absolute atomic E-state index is 0.375. The Morgan fingerprint density at radius 3 is 2.67 bits per heavy atom. The second-order valence-electron chi connectivity index (χ2n) is 5.64. The van der Waals surface area contributed by atoms with Crippen LogP contribution in [0.25, 0.3) is 4.96 Å². The molecule has 0 aliphatic rings. The summed E-state index contributed by atoms with van der Waals surface area (Å²) in [4.78, 5) is 5.64. The van der Waals surface area contributed by atoms with E-state index in [0.717, 1.165) is 28.6 Å². The Morgan fingerprint density at radius 1 is 1.24 bits per heavy atom. The van der Waals surface area contributed by atoms with E-state index in [9.17, 15) is 0 Å². The van der Waals surface area contributed by atoms with Crippen molar-refractivity contribution in [2.24, 2.45) is 0 Å². The van der Waals surface area contributed by atoms with Crippen molar-refractivity contribution in [1.29, 1.82) is 0 Å². The number of hydrogen-bond donors (Lipinski definition) is 1. The van der Waals surface area contributed by atoms with Gasteiger partial charge >= 0.3 is 0 Å². The molecule has 0 atom stereocenters. The SMILES string of the molecule is Cc1nn(C(C)C)c(C)c1NCc1c(C)nc2sccn12. The third kappa shape index (κ3) is 2.33. The van der Waals surface area contributed by atoms with Crippen LogP contribution in [0.2, 0.25) is 0 Å². The van der Waals surface area contributed by atoms with Crippen LogP contribution in [-0.4, -0.2) is 19.2 Å². The van der Waals surface area contributed by atoms with Crippen molar-refractivity contribution >= 4 is 22.0 Å². The highest BCUT2D eigenvalue weighted by molar-refractivity contribution is 7.15. The molecule has 21 heavy (non-hydrogen) atoms. The van der Waals surface area contributed by atoms with E-state index >= 15 is 0 Å². The molecule has 0 saturated carbocycles. The fourth-order valence-corrected chi connectivity index (χ4v) is 3.53. The zero-order chi connectivity index (χ0) is 15.1. The molecule has 0 bridgehead atoms. The molecule has 0 aliphatic carbocycles. The summed E-state index contributed by atoms with van der Waals surface area (Å²) in [6.45, 7) is 11.3. The quantitative estimate of drug-likeness (QED) is 0.799. The van der Waals surface area contributed by atoms with Crippen molar-refractivity contribution in [3.63, 3.8) is 0 Å². The second-order valence-corrected chi connectivity index (χ2v) is 6.51. The second kappa shape index (κ2) is 5.18. The summed E-state index contributed by atoms with van der Waals surface area (Å²) in [7, 11) is 0. The lowest BCUT2D eigenvalue weighted by Gasteiger charge is -2.10. The van der Waals surface area contributed by atoms with E-state index in [1.165, 1.54) is 11.4 Å².